The molecule has 1 heterocycles. The Morgan fingerprint density at radius 1 is 1.11 bits per heavy atom. The second-order valence-corrected chi connectivity index (χ2v) is 4.67. The van der Waals surface area contributed by atoms with Gasteiger partial charge < -0.3 is 5.32 Å². The van der Waals surface area contributed by atoms with Gasteiger partial charge in [0.15, 0.2) is 0 Å². The van der Waals surface area contributed by atoms with Crippen LogP contribution in [0.5, 0.6) is 0 Å². The van der Waals surface area contributed by atoms with Gasteiger partial charge in [-0.3, -0.25) is 0 Å². The third-order valence-electron chi connectivity index (χ3n) is 3.25. The van der Waals surface area contributed by atoms with Crippen LogP contribution in [0.4, 0.5) is 10.2 Å². The van der Waals surface area contributed by atoms with Gasteiger partial charge in [-0.2, -0.15) is 4.39 Å². The number of hydrogen-bond donors (Lipinski definition) is 1. The summed E-state index contributed by atoms with van der Waals surface area (Å²) in [6.45, 7) is 0.698. The Kier molecular flexibility index (Phi) is 2.97. The minimum atomic E-state index is -0.449. The lowest BCUT2D eigenvalue weighted by Gasteiger charge is -2.10. The molecule has 1 saturated carbocycles. The van der Waals surface area contributed by atoms with Crippen LogP contribution in [0.25, 0.3) is 0 Å². The van der Waals surface area contributed by atoms with Crippen LogP contribution in [0, 0.1) is 5.95 Å². The van der Waals surface area contributed by atoms with E-state index in [9.17, 15) is 4.39 Å². The van der Waals surface area contributed by atoms with E-state index < -0.39 is 5.95 Å². The number of anilines is 1. The number of benzene rings is 1. The minimum Gasteiger partial charge on any atom is -0.366 e. The van der Waals surface area contributed by atoms with Gasteiger partial charge in [0.2, 0.25) is 5.95 Å². The standard InChI is InChI=1S/C15H15FN2/c16-14-6-3-7-15(18-14)17-10-12-4-1-2-5-13(12)11-8-9-11/h1-7,11H,8-10H2,(H,17,18). The number of halogens is 1. The van der Waals surface area contributed by atoms with E-state index in [1.54, 1.807) is 12.1 Å². The molecule has 18 heavy (non-hydrogen) atoms. The molecule has 2 nitrogen and oxygen atoms in total. The van der Waals surface area contributed by atoms with Gasteiger partial charge in [-0.1, -0.05) is 30.3 Å². The fourth-order valence-electron chi connectivity index (χ4n) is 2.18. The van der Waals surface area contributed by atoms with Crippen molar-refractivity contribution < 1.29 is 4.39 Å². The van der Waals surface area contributed by atoms with Crippen LogP contribution >= 0.6 is 0 Å². The van der Waals surface area contributed by atoms with Crippen molar-refractivity contribution in [1.82, 2.24) is 4.98 Å². The summed E-state index contributed by atoms with van der Waals surface area (Å²) in [5, 5.41) is 3.17. The van der Waals surface area contributed by atoms with Crippen LogP contribution in [0.3, 0.4) is 0 Å². The number of aromatic nitrogens is 1. The summed E-state index contributed by atoms with van der Waals surface area (Å²) >= 11 is 0. The second-order valence-electron chi connectivity index (χ2n) is 4.67. The SMILES string of the molecule is Fc1cccc(NCc2ccccc2C2CC2)n1. The highest BCUT2D eigenvalue weighted by atomic mass is 19.1. The Balaban J connectivity index is 1.73. The zero-order valence-corrected chi connectivity index (χ0v) is 10.1. The van der Waals surface area contributed by atoms with Crippen LogP contribution in [0.15, 0.2) is 42.5 Å². The predicted octanol–water partition coefficient (Wildman–Crippen LogP) is 3.71. The van der Waals surface area contributed by atoms with Crippen LogP contribution < -0.4 is 5.32 Å². The molecular weight excluding hydrogens is 227 g/mol. The Morgan fingerprint density at radius 2 is 1.94 bits per heavy atom. The molecule has 0 aliphatic heterocycles. The molecule has 3 heteroatoms. The number of nitrogens with one attached hydrogen (secondary N) is 1. The van der Waals surface area contributed by atoms with Crippen molar-refractivity contribution in [2.45, 2.75) is 25.3 Å². The molecule has 0 saturated heterocycles. The Hall–Kier alpha value is -1.90. The van der Waals surface area contributed by atoms with Crippen molar-refractivity contribution in [2.24, 2.45) is 0 Å². The summed E-state index contributed by atoms with van der Waals surface area (Å²) in [6.07, 6.45) is 2.57. The van der Waals surface area contributed by atoms with E-state index in [0.717, 1.165) is 5.92 Å². The van der Waals surface area contributed by atoms with E-state index >= 15 is 0 Å². The molecule has 1 N–H and O–H groups in total. The number of nitrogens with zero attached hydrogens (tertiary/aromatic N) is 1. The monoisotopic (exact) mass is 242 g/mol. The van der Waals surface area contributed by atoms with Crippen LogP contribution in [-0.2, 0) is 6.54 Å². The fraction of sp³-hybridized carbons (Fsp3) is 0.267. The number of pyridine rings is 1. The first-order chi connectivity index (χ1) is 8.83. The normalized spacial score (nSPS) is 14.5. The molecule has 0 unspecified atom stereocenters. The van der Waals surface area contributed by atoms with Crippen molar-refractivity contribution >= 4 is 5.82 Å². The molecule has 0 radical (unpaired) electrons. The predicted molar refractivity (Wildman–Crippen MR) is 69.9 cm³/mol. The molecule has 0 spiro atoms. The van der Waals surface area contributed by atoms with Crippen molar-refractivity contribution in [2.75, 3.05) is 5.32 Å². The fourth-order valence-corrected chi connectivity index (χ4v) is 2.18. The molecule has 1 aromatic heterocycles. The first kappa shape index (κ1) is 11.2. The first-order valence-electron chi connectivity index (χ1n) is 6.27. The van der Waals surface area contributed by atoms with Gasteiger partial charge in [0.1, 0.15) is 5.82 Å². The molecule has 0 amide bonds. The van der Waals surface area contributed by atoms with E-state index in [1.165, 1.54) is 30.0 Å². The summed E-state index contributed by atoms with van der Waals surface area (Å²) in [5.41, 5.74) is 2.70. The molecule has 0 atom stereocenters. The van der Waals surface area contributed by atoms with Crippen molar-refractivity contribution in [3.05, 3.63) is 59.5 Å². The summed E-state index contributed by atoms with van der Waals surface area (Å²) in [6, 6.07) is 13.2. The van der Waals surface area contributed by atoms with Gasteiger partial charge in [0.05, 0.1) is 0 Å². The topological polar surface area (TPSA) is 24.9 Å². The highest BCUT2D eigenvalue weighted by Gasteiger charge is 2.25. The van der Waals surface area contributed by atoms with Crippen molar-refractivity contribution in [1.29, 1.82) is 0 Å². The molecule has 1 aromatic carbocycles. The highest BCUT2D eigenvalue weighted by molar-refractivity contribution is 5.39. The molecule has 92 valence electrons. The van der Waals surface area contributed by atoms with E-state index in [1.807, 2.05) is 6.07 Å². The maximum atomic E-state index is 13.0. The summed E-state index contributed by atoms with van der Waals surface area (Å²) in [5.74, 6) is 0.861. The van der Waals surface area contributed by atoms with Gasteiger partial charge in [0, 0.05) is 6.54 Å². The summed E-state index contributed by atoms with van der Waals surface area (Å²) in [4.78, 5) is 3.80. The first-order valence-corrected chi connectivity index (χ1v) is 6.27. The van der Waals surface area contributed by atoms with Gasteiger partial charge >= 0.3 is 0 Å². The number of rotatable bonds is 4. The Morgan fingerprint density at radius 3 is 2.72 bits per heavy atom. The van der Waals surface area contributed by atoms with Crippen LogP contribution in [-0.4, -0.2) is 4.98 Å². The van der Waals surface area contributed by atoms with Gasteiger partial charge in [0.25, 0.3) is 0 Å². The molecule has 2 aromatic rings. The molecule has 1 fully saturated rings. The number of hydrogen-bond acceptors (Lipinski definition) is 2. The second kappa shape index (κ2) is 4.77. The molecule has 0 bridgehead atoms. The van der Waals surface area contributed by atoms with E-state index in [-0.39, 0.29) is 0 Å². The van der Waals surface area contributed by atoms with E-state index in [0.29, 0.717) is 12.4 Å². The maximum absolute atomic E-state index is 13.0. The third-order valence-corrected chi connectivity index (χ3v) is 3.25. The lowest BCUT2D eigenvalue weighted by molar-refractivity contribution is 0.585. The third kappa shape index (κ3) is 2.50. The average molecular weight is 242 g/mol. The largest absolute Gasteiger partial charge is 0.366 e. The highest BCUT2D eigenvalue weighted by Crippen LogP contribution is 2.41. The minimum absolute atomic E-state index is 0.449. The van der Waals surface area contributed by atoms with Gasteiger partial charge in [-0.05, 0) is 42.0 Å². The Bertz CT molecular complexity index is 550. The van der Waals surface area contributed by atoms with Crippen molar-refractivity contribution in [3.8, 4) is 0 Å². The van der Waals surface area contributed by atoms with E-state index in [2.05, 4.69) is 28.5 Å². The van der Waals surface area contributed by atoms with Crippen LogP contribution in [0.2, 0.25) is 0 Å². The molecule has 1 aliphatic carbocycles. The smallest absolute Gasteiger partial charge is 0.214 e. The maximum Gasteiger partial charge on any atom is 0.214 e. The quantitative estimate of drug-likeness (QED) is 0.827. The summed E-state index contributed by atoms with van der Waals surface area (Å²) < 4.78 is 13.0. The molecule has 1 aliphatic rings. The zero-order chi connectivity index (χ0) is 12.4. The lowest BCUT2D eigenvalue weighted by atomic mass is 10.0. The van der Waals surface area contributed by atoms with Gasteiger partial charge in [-0.25, -0.2) is 4.98 Å². The van der Waals surface area contributed by atoms with Crippen LogP contribution in [0.1, 0.15) is 29.9 Å². The zero-order valence-electron chi connectivity index (χ0n) is 10.1. The van der Waals surface area contributed by atoms with E-state index in [4.69, 9.17) is 0 Å². The molecular formula is C15H15FN2. The average Bonchev–Trinajstić information content (AvgIpc) is 3.21. The lowest BCUT2D eigenvalue weighted by Crippen LogP contribution is -2.04. The summed E-state index contributed by atoms with van der Waals surface area (Å²) in [7, 11) is 0. The Labute approximate surface area is 106 Å². The van der Waals surface area contributed by atoms with Crippen molar-refractivity contribution in [3.63, 3.8) is 0 Å². The molecule has 3 rings (SSSR count). The van der Waals surface area contributed by atoms with Gasteiger partial charge in [-0.15, -0.1) is 0 Å².